The van der Waals surface area contributed by atoms with Crippen molar-refractivity contribution < 1.29 is 4.39 Å². The van der Waals surface area contributed by atoms with Crippen LogP contribution in [-0.4, -0.2) is 44.4 Å². The molecule has 0 bridgehead atoms. The molecule has 2 unspecified atom stereocenters. The van der Waals surface area contributed by atoms with E-state index in [9.17, 15) is 14.0 Å². The van der Waals surface area contributed by atoms with E-state index >= 15 is 0 Å². The van der Waals surface area contributed by atoms with E-state index in [0.29, 0.717) is 28.6 Å². The van der Waals surface area contributed by atoms with Crippen molar-refractivity contribution in [3.63, 3.8) is 0 Å². The Kier molecular flexibility index (Phi) is 4.48. The Morgan fingerprint density at radius 3 is 2.80 bits per heavy atom. The number of benzene rings is 1. The zero-order valence-electron chi connectivity index (χ0n) is 16.7. The lowest BCUT2D eigenvalue weighted by Crippen LogP contribution is -2.38. The van der Waals surface area contributed by atoms with Crippen molar-refractivity contribution >= 4 is 28.7 Å². The highest BCUT2D eigenvalue weighted by molar-refractivity contribution is 6.31. The molecule has 2 saturated heterocycles. The van der Waals surface area contributed by atoms with Crippen LogP contribution in [0.5, 0.6) is 0 Å². The van der Waals surface area contributed by atoms with Crippen LogP contribution in [-0.2, 0) is 20.6 Å². The van der Waals surface area contributed by atoms with E-state index in [4.69, 9.17) is 16.6 Å². The summed E-state index contributed by atoms with van der Waals surface area (Å²) in [6, 6.07) is 4.51. The molecule has 2 aliphatic rings. The minimum atomic E-state index is -0.426. The molecule has 1 aromatic carbocycles. The van der Waals surface area contributed by atoms with Crippen LogP contribution in [0.3, 0.4) is 0 Å². The average Bonchev–Trinajstić information content (AvgIpc) is 3.41. The molecule has 10 heteroatoms. The SMILES string of the molecule is Cn1c(=O)c2c(nc(N3CCC4CNCC43)n2Cc2ccc(F)cc2Cl)n(C)c1=O. The lowest BCUT2D eigenvalue weighted by molar-refractivity contribution is 0.572. The maximum atomic E-state index is 13.6. The standard InChI is InChI=1S/C20H22ClFN6O2/c1-25-17-16(18(29)26(2)20(25)30)28(10-12-3-4-13(22)7-14(12)21)19(24-17)27-6-5-11-8-23-9-15(11)27/h3-4,7,11,15,23H,5-6,8-10H2,1-2H3. The Morgan fingerprint density at radius 1 is 1.23 bits per heavy atom. The molecule has 0 radical (unpaired) electrons. The maximum Gasteiger partial charge on any atom is 0.332 e. The monoisotopic (exact) mass is 432 g/mol. The van der Waals surface area contributed by atoms with Crippen LogP contribution in [0.2, 0.25) is 5.02 Å². The van der Waals surface area contributed by atoms with Crippen molar-refractivity contribution in [2.75, 3.05) is 24.5 Å². The molecule has 4 heterocycles. The third-order valence-corrected chi connectivity index (χ3v) is 6.73. The number of imidazole rings is 1. The lowest BCUT2D eigenvalue weighted by Gasteiger charge is -2.25. The largest absolute Gasteiger partial charge is 0.338 e. The van der Waals surface area contributed by atoms with Gasteiger partial charge in [-0.1, -0.05) is 17.7 Å². The molecule has 1 N–H and O–H groups in total. The van der Waals surface area contributed by atoms with E-state index in [0.717, 1.165) is 30.6 Å². The molecule has 2 fully saturated rings. The van der Waals surface area contributed by atoms with E-state index in [1.54, 1.807) is 13.1 Å². The van der Waals surface area contributed by atoms with Crippen LogP contribution >= 0.6 is 11.6 Å². The smallest absolute Gasteiger partial charge is 0.332 e. The molecule has 2 aromatic heterocycles. The number of aromatic nitrogens is 4. The van der Waals surface area contributed by atoms with Crippen LogP contribution < -0.4 is 21.5 Å². The minimum absolute atomic E-state index is 0.250. The van der Waals surface area contributed by atoms with Crippen LogP contribution in [0.25, 0.3) is 11.2 Å². The number of rotatable bonds is 3. The second-order valence-electron chi connectivity index (χ2n) is 8.08. The molecule has 3 aromatic rings. The number of hydrogen-bond acceptors (Lipinski definition) is 5. The molecule has 0 saturated carbocycles. The first-order valence-corrected chi connectivity index (χ1v) is 10.3. The van der Waals surface area contributed by atoms with Gasteiger partial charge in [-0.15, -0.1) is 0 Å². The second-order valence-corrected chi connectivity index (χ2v) is 8.49. The first-order chi connectivity index (χ1) is 14.4. The van der Waals surface area contributed by atoms with Crippen LogP contribution in [0.1, 0.15) is 12.0 Å². The van der Waals surface area contributed by atoms with Gasteiger partial charge in [0, 0.05) is 44.8 Å². The van der Waals surface area contributed by atoms with Gasteiger partial charge in [-0.2, -0.15) is 4.98 Å². The first-order valence-electron chi connectivity index (χ1n) is 9.94. The van der Waals surface area contributed by atoms with Crippen molar-refractivity contribution in [1.29, 1.82) is 0 Å². The van der Waals surface area contributed by atoms with E-state index in [2.05, 4.69) is 10.2 Å². The zero-order valence-corrected chi connectivity index (χ0v) is 17.5. The van der Waals surface area contributed by atoms with Gasteiger partial charge >= 0.3 is 5.69 Å². The lowest BCUT2D eigenvalue weighted by atomic mass is 10.1. The highest BCUT2D eigenvalue weighted by Crippen LogP contribution is 2.33. The third-order valence-electron chi connectivity index (χ3n) is 6.37. The number of nitrogens with zero attached hydrogens (tertiary/aromatic N) is 5. The topological polar surface area (TPSA) is 77.1 Å². The summed E-state index contributed by atoms with van der Waals surface area (Å²) in [4.78, 5) is 32.5. The number of hydrogen-bond donors (Lipinski definition) is 1. The summed E-state index contributed by atoms with van der Waals surface area (Å²) in [6.07, 6.45) is 1.04. The van der Waals surface area contributed by atoms with Gasteiger partial charge in [-0.3, -0.25) is 18.5 Å². The summed E-state index contributed by atoms with van der Waals surface area (Å²) in [5, 5.41) is 3.70. The predicted octanol–water partition coefficient (Wildman–Crippen LogP) is 1.07. The van der Waals surface area contributed by atoms with E-state index in [-0.39, 0.29) is 17.6 Å². The molecule has 0 amide bonds. The Bertz CT molecular complexity index is 1280. The normalized spacial score (nSPS) is 21.0. The number of anilines is 1. The van der Waals surface area contributed by atoms with Gasteiger partial charge in [-0.05, 0) is 30.0 Å². The molecule has 2 aliphatic heterocycles. The molecule has 8 nitrogen and oxygen atoms in total. The molecule has 2 atom stereocenters. The van der Waals surface area contributed by atoms with Crippen molar-refractivity contribution in [1.82, 2.24) is 24.0 Å². The Morgan fingerprint density at radius 2 is 2.03 bits per heavy atom. The summed E-state index contributed by atoms with van der Waals surface area (Å²) >= 11 is 6.29. The number of fused-ring (bicyclic) bond motifs is 2. The minimum Gasteiger partial charge on any atom is -0.338 e. The van der Waals surface area contributed by atoms with E-state index < -0.39 is 17.1 Å². The van der Waals surface area contributed by atoms with Crippen molar-refractivity contribution in [3.8, 4) is 0 Å². The molecule has 0 spiro atoms. The highest BCUT2D eigenvalue weighted by atomic mass is 35.5. The Hall–Kier alpha value is -2.65. The zero-order chi connectivity index (χ0) is 21.2. The summed E-state index contributed by atoms with van der Waals surface area (Å²) in [5.74, 6) is 0.747. The fourth-order valence-electron chi connectivity index (χ4n) is 4.72. The number of aryl methyl sites for hydroxylation is 1. The Labute approximate surface area is 176 Å². The van der Waals surface area contributed by atoms with Gasteiger partial charge in [0.1, 0.15) is 5.82 Å². The van der Waals surface area contributed by atoms with Crippen LogP contribution in [0.4, 0.5) is 10.3 Å². The summed E-state index contributed by atoms with van der Waals surface area (Å²) in [6.45, 7) is 2.89. The Balaban J connectivity index is 1.75. The molecule has 158 valence electrons. The summed E-state index contributed by atoms with van der Waals surface area (Å²) in [5.41, 5.74) is 0.515. The third kappa shape index (κ3) is 2.79. The van der Waals surface area contributed by atoms with Gasteiger partial charge < -0.3 is 10.2 Å². The van der Waals surface area contributed by atoms with Gasteiger partial charge in [-0.25, -0.2) is 9.18 Å². The van der Waals surface area contributed by atoms with Crippen molar-refractivity contribution in [2.24, 2.45) is 20.0 Å². The fraction of sp³-hybridized carbons (Fsp3) is 0.450. The van der Waals surface area contributed by atoms with Gasteiger partial charge in [0.05, 0.1) is 6.54 Å². The van der Waals surface area contributed by atoms with Crippen molar-refractivity contribution in [3.05, 3.63) is 55.4 Å². The molecule has 30 heavy (non-hydrogen) atoms. The fourth-order valence-corrected chi connectivity index (χ4v) is 4.95. The average molecular weight is 433 g/mol. The predicted molar refractivity (Wildman–Crippen MR) is 113 cm³/mol. The summed E-state index contributed by atoms with van der Waals surface area (Å²) in [7, 11) is 3.07. The van der Waals surface area contributed by atoms with Crippen LogP contribution in [0.15, 0.2) is 27.8 Å². The van der Waals surface area contributed by atoms with Crippen LogP contribution in [0, 0.1) is 11.7 Å². The highest BCUT2D eigenvalue weighted by Gasteiger charge is 2.40. The maximum absolute atomic E-state index is 13.6. The van der Waals surface area contributed by atoms with Gasteiger partial charge in [0.15, 0.2) is 11.2 Å². The quantitative estimate of drug-likeness (QED) is 0.670. The van der Waals surface area contributed by atoms with Crippen molar-refractivity contribution in [2.45, 2.75) is 19.0 Å². The van der Waals surface area contributed by atoms with Gasteiger partial charge in [0.2, 0.25) is 5.95 Å². The van der Waals surface area contributed by atoms with Gasteiger partial charge in [0.25, 0.3) is 5.56 Å². The molecular weight excluding hydrogens is 411 g/mol. The van der Waals surface area contributed by atoms with E-state index in [1.807, 2.05) is 4.57 Å². The first kappa shape index (κ1) is 19.3. The second kappa shape index (κ2) is 6.95. The summed E-state index contributed by atoms with van der Waals surface area (Å²) < 4.78 is 17.8. The molecule has 5 rings (SSSR count). The number of nitrogens with one attached hydrogen (secondary N) is 1. The molecular formula is C20H22ClFN6O2. The number of halogens is 2. The molecule has 0 aliphatic carbocycles. The van der Waals surface area contributed by atoms with E-state index in [1.165, 1.54) is 23.7 Å².